The summed E-state index contributed by atoms with van der Waals surface area (Å²) in [5.41, 5.74) is 0.863. The maximum atomic E-state index is 13.6. The number of fused-ring (bicyclic) bond motifs is 1. The number of carbonyl (C=O) groups excluding carboxylic acids is 2. The number of halogens is 1. The molecule has 2 aromatic carbocycles. The second kappa shape index (κ2) is 9.37. The summed E-state index contributed by atoms with van der Waals surface area (Å²) in [6, 6.07) is 11.1. The number of carbonyl (C=O) groups is 2. The number of nitrogens with one attached hydrogen (secondary N) is 2. The lowest BCUT2D eigenvalue weighted by Gasteiger charge is -2.44. The number of hydrogen-bond acceptors (Lipinski definition) is 5. The molecular formula is C26H31FN4O4. The van der Waals surface area contributed by atoms with Crippen molar-refractivity contribution >= 4 is 17.6 Å². The third-order valence-electron chi connectivity index (χ3n) is 7.42. The first-order chi connectivity index (χ1) is 16.9. The molecule has 0 aromatic heterocycles. The highest BCUT2D eigenvalue weighted by Gasteiger charge is 2.52. The quantitative estimate of drug-likeness (QED) is 0.675. The van der Waals surface area contributed by atoms with Gasteiger partial charge in [-0.1, -0.05) is 32.4 Å². The van der Waals surface area contributed by atoms with Crippen molar-refractivity contribution in [2.45, 2.75) is 51.4 Å². The molecule has 0 saturated carbocycles. The average molecular weight is 483 g/mol. The molecular weight excluding hydrogens is 451 g/mol. The molecule has 8 nitrogen and oxygen atoms in total. The van der Waals surface area contributed by atoms with Gasteiger partial charge in [-0.3, -0.25) is 10.1 Å². The van der Waals surface area contributed by atoms with Gasteiger partial charge >= 0.3 is 6.03 Å². The largest absolute Gasteiger partial charge is 0.454 e. The molecule has 0 bridgehead atoms. The van der Waals surface area contributed by atoms with E-state index in [2.05, 4.69) is 24.5 Å². The Morgan fingerprint density at radius 1 is 1.20 bits per heavy atom. The average Bonchev–Trinajstić information content (AvgIpc) is 3.42. The molecule has 186 valence electrons. The molecule has 3 aliphatic heterocycles. The molecule has 0 radical (unpaired) electrons. The highest BCUT2D eigenvalue weighted by Crippen LogP contribution is 2.38. The van der Waals surface area contributed by atoms with Crippen LogP contribution in [0.1, 0.15) is 38.7 Å². The van der Waals surface area contributed by atoms with Crippen LogP contribution in [0.15, 0.2) is 42.5 Å². The second-order valence-corrected chi connectivity index (χ2v) is 9.58. The fourth-order valence-electron chi connectivity index (χ4n) is 5.14. The normalized spacial score (nSPS) is 21.5. The van der Waals surface area contributed by atoms with Gasteiger partial charge in [0, 0.05) is 38.2 Å². The molecule has 35 heavy (non-hydrogen) atoms. The maximum Gasteiger partial charge on any atom is 0.321 e. The van der Waals surface area contributed by atoms with Crippen LogP contribution >= 0.6 is 0 Å². The van der Waals surface area contributed by atoms with Crippen LogP contribution in [0, 0.1) is 11.7 Å². The fraction of sp³-hybridized carbons (Fsp3) is 0.462. The Bertz CT molecular complexity index is 1120. The number of urea groups is 1. The summed E-state index contributed by atoms with van der Waals surface area (Å²) in [4.78, 5) is 30.1. The number of piperidine rings is 1. The smallest absolute Gasteiger partial charge is 0.321 e. The molecule has 9 heteroatoms. The first-order valence-corrected chi connectivity index (χ1v) is 12.2. The summed E-state index contributed by atoms with van der Waals surface area (Å²) in [5, 5.41) is 6.43. The van der Waals surface area contributed by atoms with E-state index in [4.69, 9.17) is 9.47 Å². The van der Waals surface area contributed by atoms with E-state index in [1.165, 1.54) is 12.1 Å². The Labute approximate surface area is 204 Å². The van der Waals surface area contributed by atoms with Crippen molar-refractivity contribution in [1.82, 2.24) is 15.1 Å². The summed E-state index contributed by atoms with van der Waals surface area (Å²) in [5.74, 6) is 1.29. The van der Waals surface area contributed by atoms with E-state index in [-0.39, 0.29) is 30.7 Å². The Morgan fingerprint density at radius 3 is 2.71 bits per heavy atom. The number of likely N-dealkylation sites (tertiary alicyclic amines) is 1. The van der Waals surface area contributed by atoms with Crippen LogP contribution < -0.4 is 20.1 Å². The van der Waals surface area contributed by atoms with Gasteiger partial charge < -0.3 is 24.6 Å². The van der Waals surface area contributed by atoms with Gasteiger partial charge in [0.05, 0.1) is 11.7 Å². The molecule has 2 N–H and O–H groups in total. The fourth-order valence-corrected chi connectivity index (χ4v) is 5.14. The standard InChI is InChI=1S/C26H31FN4O4/c1-3-17(2)23-24(32)31(15-18-7-8-21-22(13-18)35-16-34-21)26(29-23)9-11-30(12-10-26)25(33)28-20-6-4-5-19(27)14-20/h4-8,13-14,17,23,29H,3,9-12,15-16H2,1-2H3,(H,28,33)/t17-,23-/m0/s1. The van der Waals surface area contributed by atoms with E-state index in [1.54, 1.807) is 17.0 Å². The Kier molecular flexibility index (Phi) is 6.27. The summed E-state index contributed by atoms with van der Waals surface area (Å²) in [6.45, 7) is 5.79. The minimum Gasteiger partial charge on any atom is -0.454 e. The lowest BCUT2D eigenvalue weighted by atomic mass is 9.95. The lowest BCUT2D eigenvalue weighted by Crippen LogP contribution is -2.59. The predicted octanol–water partition coefficient (Wildman–Crippen LogP) is 3.93. The zero-order chi connectivity index (χ0) is 24.6. The van der Waals surface area contributed by atoms with E-state index in [0.29, 0.717) is 49.7 Å². The summed E-state index contributed by atoms with van der Waals surface area (Å²) in [7, 11) is 0. The number of rotatable bonds is 5. The van der Waals surface area contributed by atoms with Crippen LogP contribution in [-0.2, 0) is 11.3 Å². The molecule has 3 heterocycles. The Morgan fingerprint density at radius 2 is 1.97 bits per heavy atom. The van der Waals surface area contributed by atoms with Crippen molar-refractivity contribution in [2.75, 3.05) is 25.2 Å². The molecule has 3 aliphatic rings. The minimum absolute atomic E-state index is 0.0923. The number of benzene rings is 2. The number of nitrogens with zero attached hydrogens (tertiary/aromatic N) is 2. The zero-order valence-electron chi connectivity index (χ0n) is 20.1. The molecule has 0 unspecified atom stereocenters. The number of amides is 3. The van der Waals surface area contributed by atoms with Gasteiger partial charge in [0.1, 0.15) is 5.82 Å². The lowest BCUT2D eigenvalue weighted by molar-refractivity contribution is -0.134. The van der Waals surface area contributed by atoms with Gasteiger partial charge in [-0.05, 0) is 41.8 Å². The molecule has 2 saturated heterocycles. The van der Waals surface area contributed by atoms with E-state index >= 15 is 0 Å². The van der Waals surface area contributed by atoms with E-state index in [9.17, 15) is 14.0 Å². The summed E-state index contributed by atoms with van der Waals surface area (Å²) in [6.07, 6.45) is 2.10. The molecule has 1 spiro atoms. The van der Waals surface area contributed by atoms with Gasteiger partial charge in [0.2, 0.25) is 12.7 Å². The first kappa shape index (κ1) is 23.4. The van der Waals surface area contributed by atoms with E-state index < -0.39 is 11.5 Å². The number of hydrogen-bond donors (Lipinski definition) is 2. The first-order valence-electron chi connectivity index (χ1n) is 12.2. The summed E-state index contributed by atoms with van der Waals surface area (Å²) < 4.78 is 24.4. The highest BCUT2D eigenvalue weighted by atomic mass is 19.1. The van der Waals surface area contributed by atoms with Crippen LogP contribution in [0.25, 0.3) is 0 Å². The van der Waals surface area contributed by atoms with Crippen molar-refractivity contribution in [1.29, 1.82) is 0 Å². The van der Waals surface area contributed by atoms with Gasteiger partial charge in [-0.15, -0.1) is 0 Å². The van der Waals surface area contributed by atoms with Crippen molar-refractivity contribution < 1.29 is 23.5 Å². The summed E-state index contributed by atoms with van der Waals surface area (Å²) >= 11 is 0. The number of anilines is 1. The Hall–Kier alpha value is -3.33. The molecule has 5 rings (SSSR count). The van der Waals surface area contributed by atoms with Crippen molar-refractivity contribution in [2.24, 2.45) is 5.92 Å². The van der Waals surface area contributed by atoms with Crippen molar-refractivity contribution in [3.63, 3.8) is 0 Å². The zero-order valence-corrected chi connectivity index (χ0v) is 20.1. The SMILES string of the molecule is CC[C@H](C)[C@@H]1NC2(CCN(C(=O)Nc3cccc(F)c3)CC2)N(Cc2ccc3c(c2)OCO3)C1=O. The third-order valence-corrected chi connectivity index (χ3v) is 7.42. The van der Waals surface area contributed by atoms with E-state index in [0.717, 1.165) is 12.0 Å². The molecule has 2 atom stereocenters. The van der Waals surface area contributed by atoms with E-state index in [1.807, 2.05) is 23.1 Å². The van der Waals surface area contributed by atoms with Crippen molar-refractivity contribution in [3.05, 3.63) is 53.8 Å². The van der Waals surface area contributed by atoms with Crippen LogP contribution in [0.5, 0.6) is 11.5 Å². The molecule has 3 amide bonds. The van der Waals surface area contributed by atoms with Crippen molar-refractivity contribution in [3.8, 4) is 11.5 Å². The van der Waals surface area contributed by atoms with Crippen LogP contribution in [-0.4, -0.2) is 53.3 Å². The number of ether oxygens (including phenoxy) is 2. The highest BCUT2D eigenvalue weighted by molar-refractivity contribution is 5.89. The topological polar surface area (TPSA) is 83.1 Å². The Balaban J connectivity index is 1.32. The van der Waals surface area contributed by atoms with Crippen LogP contribution in [0.2, 0.25) is 0 Å². The van der Waals surface area contributed by atoms with Gasteiger partial charge in [-0.25, -0.2) is 9.18 Å². The maximum absolute atomic E-state index is 13.6. The van der Waals surface area contributed by atoms with Gasteiger partial charge in [0.25, 0.3) is 0 Å². The second-order valence-electron chi connectivity index (χ2n) is 9.58. The van der Waals surface area contributed by atoms with Gasteiger partial charge in [-0.2, -0.15) is 0 Å². The van der Waals surface area contributed by atoms with Gasteiger partial charge in [0.15, 0.2) is 11.5 Å². The molecule has 2 aromatic rings. The van der Waals surface area contributed by atoms with Crippen LogP contribution in [0.4, 0.5) is 14.9 Å². The monoisotopic (exact) mass is 482 g/mol. The molecule has 0 aliphatic carbocycles. The minimum atomic E-state index is -0.531. The molecule has 2 fully saturated rings. The third kappa shape index (κ3) is 4.52. The van der Waals surface area contributed by atoms with Crippen LogP contribution in [0.3, 0.4) is 0 Å². The predicted molar refractivity (Wildman–Crippen MR) is 128 cm³/mol.